The fraction of sp³-hybridized carbons (Fsp3) is 0.867. The maximum atomic E-state index is 4.71. The second-order valence-electron chi connectivity index (χ2n) is 7.34. The van der Waals surface area contributed by atoms with E-state index >= 15 is 0 Å². The average Bonchev–Trinajstić information content (AvgIpc) is 2.70. The molecular weight excluding hydrogens is 254 g/mol. The van der Waals surface area contributed by atoms with Gasteiger partial charge in [0.05, 0.1) is 0 Å². The Morgan fingerprint density at radius 3 is 2.21 bits per heavy atom. The van der Waals surface area contributed by atoms with Crippen molar-refractivity contribution >= 4 is 11.5 Å². The largest absolute Gasteiger partial charge is 0.313 e. The second-order valence-corrected chi connectivity index (χ2v) is 8.17. The molecule has 0 aromatic carbocycles. The van der Waals surface area contributed by atoms with Gasteiger partial charge in [-0.3, -0.25) is 0 Å². The van der Waals surface area contributed by atoms with Crippen LogP contribution in [-0.2, 0) is 11.8 Å². The van der Waals surface area contributed by atoms with Crippen LogP contribution in [0.15, 0.2) is 0 Å². The van der Waals surface area contributed by atoms with Gasteiger partial charge in [-0.2, -0.15) is 4.37 Å². The number of hydrogen-bond donors (Lipinski definition) is 1. The average molecular weight is 283 g/mol. The predicted octanol–water partition coefficient (Wildman–Crippen LogP) is 3.79. The standard InChI is InChI=1S/C15H29N3S/c1-8-9-16-11(14(2,3)4)10-12-17-13(18-19-12)15(5,6)7/h11,16H,8-10H2,1-7H3. The molecule has 1 rings (SSSR count). The first-order valence-electron chi connectivity index (χ1n) is 7.21. The molecule has 1 N–H and O–H groups in total. The van der Waals surface area contributed by atoms with Crippen LogP contribution in [-0.4, -0.2) is 21.9 Å². The SMILES string of the molecule is CCCNC(Cc1nc(C(C)(C)C)ns1)C(C)(C)C. The molecule has 19 heavy (non-hydrogen) atoms. The Kier molecular flexibility index (Phi) is 5.51. The third kappa shape index (κ3) is 5.19. The van der Waals surface area contributed by atoms with E-state index in [0.717, 1.165) is 30.2 Å². The van der Waals surface area contributed by atoms with Crippen LogP contribution in [0.25, 0.3) is 0 Å². The van der Waals surface area contributed by atoms with Crippen molar-refractivity contribution in [3.8, 4) is 0 Å². The van der Waals surface area contributed by atoms with Crippen LogP contribution in [0.2, 0.25) is 0 Å². The van der Waals surface area contributed by atoms with E-state index in [1.165, 1.54) is 0 Å². The van der Waals surface area contributed by atoms with Gasteiger partial charge in [-0.05, 0) is 29.9 Å². The lowest BCUT2D eigenvalue weighted by Crippen LogP contribution is -2.42. The molecule has 1 unspecified atom stereocenters. The Morgan fingerprint density at radius 1 is 1.16 bits per heavy atom. The van der Waals surface area contributed by atoms with Crippen LogP contribution < -0.4 is 5.32 Å². The lowest BCUT2D eigenvalue weighted by Gasteiger charge is -2.31. The van der Waals surface area contributed by atoms with Crippen LogP contribution >= 0.6 is 11.5 Å². The smallest absolute Gasteiger partial charge is 0.147 e. The third-order valence-electron chi connectivity index (χ3n) is 3.20. The van der Waals surface area contributed by atoms with E-state index in [-0.39, 0.29) is 10.8 Å². The zero-order valence-electron chi connectivity index (χ0n) is 13.5. The first kappa shape index (κ1) is 16.6. The molecule has 3 nitrogen and oxygen atoms in total. The zero-order chi connectivity index (χ0) is 14.7. The third-order valence-corrected chi connectivity index (χ3v) is 3.94. The Balaban J connectivity index is 2.76. The molecule has 1 aromatic heterocycles. The molecule has 110 valence electrons. The molecule has 0 aliphatic heterocycles. The Bertz CT molecular complexity index is 385. The second kappa shape index (κ2) is 6.31. The Labute approximate surface area is 122 Å². The minimum Gasteiger partial charge on any atom is -0.313 e. The molecule has 0 aliphatic rings. The van der Waals surface area contributed by atoms with Crippen molar-refractivity contribution in [3.05, 3.63) is 10.8 Å². The Hall–Kier alpha value is -0.480. The van der Waals surface area contributed by atoms with Crippen molar-refractivity contribution in [2.75, 3.05) is 6.54 Å². The summed E-state index contributed by atoms with van der Waals surface area (Å²) >= 11 is 1.55. The highest BCUT2D eigenvalue weighted by atomic mass is 32.1. The summed E-state index contributed by atoms with van der Waals surface area (Å²) in [5.74, 6) is 0.968. The monoisotopic (exact) mass is 283 g/mol. The highest BCUT2D eigenvalue weighted by Crippen LogP contribution is 2.25. The van der Waals surface area contributed by atoms with Crippen LogP contribution in [0.4, 0.5) is 0 Å². The van der Waals surface area contributed by atoms with Gasteiger partial charge in [0.15, 0.2) is 0 Å². The minimum atomic E-state index is 0.0445. The maximum absolute atomic E-state index is 4.71. The van der Waals surface area contributed by atoms with E-state index in [0.29, 0.717) is 6.04 Å². The molecule has 0 spiro atoms. The molecule has 0 aliphatic carbocycles. The molecule has 0 fully saturated rings. The molecule has 0 saturated heterocycles. The van der Waals surface area contributed by atoms with Crippen molar-refractivity contribution in [1.29, 1.82) is 0 Å². The molecule has 0 bridgehead atoms. The topological polar surface area (TPSA) is 37.8 Å². The number of hydrogen-bond acceptors (Lipinski definition) is 4. The van der Waals surface area contributed by atoms with Crippen molar-refractivity contribution < 1.29 is 0 Å². The molecule has 0 saturated carbocycles. The number of nitrogens with one attached hydrogen (secondary N) is 1. The summed E-state index contributed by atoms with van der Waals surface area (Å²) in [6.07, 6.45) is 2.13. The van der Waals surface area contributed by atoms with Crippen LogP contribution in [0.3, 0.4) is 0 Å². The first-order chi connectivity index (χ1) is 8.64. The highest BCUT2D eigenvalue weighted by Gasteiger charge is 2.26. The van der Waals surface area contributed by atoms with Gasteiger partial charge < -0.3 is 5.32 Å². The van der Waals surface area contributed by atoms with E-state index in [4.69, 9.17) is 4.98 Å². The summed E-state index contributed by atoms with van der Waals surface area (Å²) in [5, 5.41) is 4.79. The number of aromatic nitrogens is 2. The van der Waals surface area contributed by atoms with Crippen molar-refractivity contribution in [2.24, 2.45) is 5.41 Å². The van der Waals surface area contributed by atoms with Gasteiger partial charge in [-0.25, -0.2) is 4.98 Å². The molecule has 1 aromatic rings. The number of nitrogens with zero attached hydrogens (tertiary/aromatic N) is 2. The van der Waals surface area contributed by atoms with Crippen LogP contribution in [0.5, 0.6) is 0 Å². The van der Waals surface area contributed by atoms with Crippen molar-refractivity contribution in [2.45, 2.75) is 72.8 Å². The van der Waals surface area contributed by atoms with E-state index in [1.807, 2.05) is 0 Å². The first-order valence-corrected chi connectivity index (χ1v) is 7.98. The van der Waals surface area contributed by atoms with E-state index in [2.05, 4.69) is 58.2 Å². The van der Waals surface area contributed by atoms with E-state index in [9.17, 15) is 0 Å². The summed E-state index contributed by atoms with van der Waals surface area (Å²) in [6, 6.07) is 0.452. The summed E-state index contributed by atoms with van der Waals surface area (Å²) in [5.41, 5.74) is 0.283. The lowest BCUT2D eigenvalue weighted by atomic mass is 9.85. The molecule has 0 radical (unpaired) electrons. The summed E-state index contributed by atoms with van der Waals surface area (Å²) < 4.78 is 4.51. The van der Waals surface area contributed by atoms with Crippen molar-refractivity contribution in [1.82, 2.24) is 14.7 Å². The fourth-order valence-corrected chi connectivity index (χ4v) is 2.70. The highest BCUT2D eigenvalue weighted by molar-refractivity contribution is 7.05. The van der Waals surface area contributed by atoms with Crippen molar-refractivity contribution in [3.63, 3.8) is 0 Å². The van der Waals surface area contributed by atoms with Gasteiger partial charge in [0.1, 0.15) is 10.8 Å². The molecule has 4 heteroatoms. The summed E-state index contributed by atoms with van der Waals surface area (Å²) in [6.45, 7) is 16.6. The van der Waals surface area contributed by atoms with Gasteiger partial charge in [0, 0.05) is 17.9 Å². The predicted molar refractivity (Wildman–Crippen MR) is 83.8 cm³/mol. The molecule has 0 amide bonds. The molecule has 1 atom stereocenters. The Morgan fingerprint density at radius 2 is 1.79 bits per heavy atom. The quantitative estimate of drug-likeness (QED) is 0.893. The van der Waals surface area contributed by atoms with Crippen LogP contribution in [0.1, 0.15) is 65.7 Å². The molecular formula is C15H29N3S. The van der Waals surface area contributed by atoms with Gasteiger partial charge in [0.2, 0.25) is 0 Å². The fourth-order valence-electron chi connectivity index (χ4n) is 1.82. The van der Waals surface area contributed by atoms with Gasteiger partial charge in [0.25, 0.3) is 0 Å². The van der Waals surface area contributed by atoms with E-state index < -0.39 is 0 Å². The maximum Gasteiger partial charge on any atom is 0.147 e. The summed E-state index contributed by atoms with van der Waals surface area (Å²) in [4.78, 5) is 4.71. The van der Waals surface area contributed by atoms with E-state index in [1.54, 1.807) is 11.5 Å². The van der Waals surface area contributed by atoms with Crippen LogP contribution in [0, 0.1) is 5.41 Å². The summed E-state index contributed by atoms with van der Waals surface area (Å²) in [7, 11) is 0. The normalized spacial score (nSPS) is 14.7. The van der Waals surface area contributed by atoms with Gasteiger partial charge in [-0.1, -0.05) is 48.5 Å². The van der Waals surface area contributed by atoms with Gasteiger partial charge >= 0.3 is 0 Å². The minimum absolute atomic E-state index is 0.0445. The van der Waals surface area contributed by atoms with Gasteiger partial charge in [-0.15, -0.1) is 0 Å². The number of rotatable bonds is 5. The lowest BCUT2D eigenvalue weighted by molar-refractivity contribution is 0.266. The molecule has 1 heterocycles. The zero-order valence-corrected chi connectivity index (χ0v) is 14.3.